The van der Waals surface area contributed by atoms with Crippen molar-refractivity contribution in [3.8, 4) is 0 Å². The lowest BCUT2D eigenvalue weighted by Crippen LogP contribution is -2.20. The predicted octanol–water partition coefficient (Wildman–Crippen LogP) is -0.131. The number of nitrogens with two attached hydrogens (primary N) is 1. The van der Waals surface area contributed by atoms with Crippen molar-refractivity contribution in [2.24, 2.45) is 5.73 Å². The van der Waals surface area contributed by atoms with Crippen LogP contribution in [0.15, 0.2) is 12.4 Å². The molecule has 0 heterocycles. The first-order valence-corrected chi connectivity index (χ1v) is 3.32. The van der Waals surface area contributed by atoms with Crippen LogP contribution in [0, 0.1) is 0 Å². The summed E-state index contributed by atoms with van der Waals surface area (Å²) in [6, 6.07) is 0. The van der Waals surface area contributed by atoms with E-state index in [9.17, 15) is 0 Å². The summed E-state index contributed by atoms with van der Waals surface area (Å²) >= 11 is 0. The minimum absolute atomic E-state index is 0.215. The maximum Gasteiger partial charge on any atom is 0.0885 e. The second-order valence-electron chi connectivity index (χ2n) is 2.26. The third-order valence-corrected chi connectivity index (χ3v) is 1.07. The van der Waals surface area contributed by atoms with Crippen LogP contribution in [0.2, 0.25) is 5.72 Å². The molecule has 0 atom stereocenters. The molecule has 2 nitrogen and oxygen atoms in total. The SMILES string of the molecule is [B]C([B])CCCNC(=C)N. The van der Waals surface area contributed by atoms with E-state index >= 15 is 0 Å². The van der Waals surface area contributed by atoms with Gasteiger partial charge in [-0.05, 0) is 6.42 Å². The first-order valence-electron chi connectivity index (χ1n) is 3.32. The van der Waals surface area contributed by atoms with Crippen LogP contribution in [0.25, 0.3) is 0 Å². The Labute approximate surface area is 65.1 Å². The number of nitrogens with one attached hydrogen (secondary N) is 1. The van der Waals surface area contributed by atoms with Gasteiger partial charge in [0.1, 0.15) is 0 Å². The lowest BCUT2D eigenvalue weighted by molar-refractivity contribution is 0.696. The number of hydrogen-bond acceptors (Lipinski definition) is 2. The lowest BCUT2D eigenvalue weighted by atomic mass is 9.68. The first-order chi connectivity index (χ1) is 4.63. The Morgan fingerprint density at radius 2 is 2.20 bits per heavy atom. The molecular weight excluding hydrogens is 122 g/mol. The molecule has 0 aliphatic heterocycles. The van der Waals surface area contributed by atoms with Crippen LogP contribution >= 0.6 is 0 Å². The summed E-state index contributed by atoms with van der Waals surface area (Å²) < 4.78 is 0. The van der Waals surface area contributed by atoms with Crippen molar-refractivity contribution in [2.45, 2.75) is 18.6 Å². The molecule has 3 N–H and O–H groups in total. The zero-order valence-electron chi connectivity index (χ0n) is 6.14. The normalized spacial score (nSPS) is 9.70. The fourth-order valence-corrected chi connectivity index (χ4v) is 0.587. The van der Waals surface area contributed by atoms with Crippen molar-refractivity contribution in [3.05, 3.63) is 12.4 Å². The van der Waals surface area contributed by atoms with E-state index in [1.165, 1.54) is 0 Å². The van der Waals surface area contributed by atoms with E-state index in [0.29, 0.717) is 5.82 Å². The molecule has 0 saturated carbocycles. The highest BCUT2D eigenvalue weighted by Crippen LogP contribution is 2.00. The zero-order chi connectivity index (χ0) is 7.98. The molecule has 0 unspecified atom stereocenters. The van der Waals surface area contributed by atoms with Gasteiger partial charge in [-0.15, -0.1) is 5.72 Å². The van der Waals surface area contributed by atoms with Crippen LogP contribution in [0.5, 0.6) is 0 Å². The highest BCUT2D eigenvalue weighted by Gasteiger charge is 1.92. The summed E-state index contributed by atoms with van der Waals surface area (Å²) in [6.45, 7) is 4.27. The van der Waals surface area contributed by atoms with Gasteiger partial charge in [-0.2, -0.15) is 0 Å². The molecular formula is C6H12B2N2. The van der Waals surface area contributed by atoms with Crippen LogP contribution in [-0.2, 0) is 0 Å². The fraction of sp³-hybridized carbons (Fsp3) is 0.667. The monoisotopic (exact) mass is 134 g/mol. The summed E-state index contributed by atoms with van der Waals surface area (Å²) in [5, 5.41) is 2.87. The molecule has 4 heteroatoms. The maximum absolute atomic E-state index is 5.31. The van der Waals surface area contributed by atoms with Gasteiger partial charge < -0.3 is 11.1 Å². The highest BCUT2D eigenvalue weighted by atomic mass is 15.0. The maximum atomic E-state index is 5.31. The minimum atomic E-state index is -0.215. The van der Waals surface area contributed by atoms with E-state index < -0.39 is 0 Å². The second kappa shape index (κ2) is 5.27. The van der Waals surface area contributed by atoms with Gasteiger partial charge in [0.15, 0.2) is 0 Å². The fourth-order valence-electron chi connectivity index (χ4n) is 0.587. The molecule has 0 aromatic rings. The third-order valence-electron chi connectivity index (χ3n) is 1.07. The average Bonchev–Trinajstić information content (AvgIpc) is 1.79. The average molecular weight is 134 g/mol. The standard InChI is InChI=1S/C6H12B2N2/c1-5(9)10-4-2-3-6(7)8/h6,10H,1-4,9H2. The number of rotatable bonds is 5. The van der Waals surface area contributed by atoms with E-state index in [4.69, 9.17) is 21.4 Å². The van der Waals surface area contributed by atoms with Gasteiger partial charge in [-0.3, -0.25) is 0 Å². The molecule has 0 fully saturated rings. The van der Waals surface area contributed by atoms with Crippen LogP contribution in [-0.4, -0.2) is 22.2 Å². The smallest absolute Gasteiger partial charge is 0.0885 e. The van der Waals surface area contributed by atoms with Gasteiger partial charge >= 0.3 is 0 Å². The van der Waals surface area contributed by atoms with Crippen LogP contribution in [0.3, 0.4) is 0 Å². The molecule has 0 amide bonds. The van der Waals surface area contributed by atoms with Gasteiger partial charge in [-0.1, -0.05) is 13.0 Å². The summed E-state index contributed by atoms with van der Waals surface area (Å²) in [7, 11) is 10.6. The minimum Gasteiger partial charge on any atom is -0.386 e. The molecule has 0 bridgehead atoms. The molecule has 0 spiro atoms. The van der Waals surface area contributed by atoms with Crippen molar-refractivity contribution in [1.29, 1.82) is 0 Å². The molecule has 10 heavy (non-hydrogen) atoms. The van der Waals surface area contributed by atoms with Crippen molar-refractivity contribution in [2.75, 3.05) is 6.54 Å². The van der Waals surface area contributed by atoms with Crippen molar-refractivity contribution in [1.82, 2.24) is 5.32 Å². The lowest BCUT2D eigenvalue weighted by Gasteiger charge is -2.06. The Kier molecular flexibility index (Phi) is 4.99. The molecule has 0 rings (SSSR count). The second-order valence-corrected chi connectivity index (χ2v) is 2.26. The summed E-state index contributed by atoms with van der Waals surface area (Å²) in [5.41, 5.74) is 5.03. The molecule has 0 aromatic carbocycles. The van der Waals surface area contributed by atoms with Crippen LogP contribution < -0.4 is 11.1 Å². The topological polar surface area (TPSA) is 38.0 Å². The Bertz CT molecular complexity index is 104. The highest BCUT2D eigenvalue weighted by molar-refractivity contribution is 6.35. The molecule has 0 aromatic heterocycles. The summed E-state index contributed by atoms with van der Waals surface area (Å²) in [6.07, 6.45) is 1.73. The Hall–Kier alpha value is -0.530. The van der Waals surface area contributed by atoms with E-state index in [2.05, 4.69) is 11.9 Å². The molecule has 0 aliphatic rings. The number of hydrogen-bond donors (Lipinski definition) is 2. The molecule has 0 saturated heterocycles. The molecule has 4 radical (unpaired) electrons. The Morgan fingerprint density at radius 3 is 2.60 bits per heavy atom. The largest absolute Gasteiger partial charge is 0.386 e. The van der Waals surface area contributed by atoms with Crippen LogP contribution in [0.4, 0.5) is 0 Å². The van der Waals surface area contributed by atoms with Crippen molar-refractivity contribution in [3.63, 3.8) is 0 Å². The Morgan fingerprint density at radius 1 is 1.60 bits per heavy atom. The van der Waals surface area contributed by atoms with Gasteiger partial charge in [0.05, 0.1) is 21.5 Å². The Balaban J connectivity index is 2.98. The van der Waals surface area contributed by atoms with Gasteiger partial charge in [-0.25, -0.2) is 0 Å². The summed E-state index contributed by atoms with van der Waals surface area (Å²) in [5.74, 6) is 0.491. The van der Waals surface area contributed by atoms with Gasteiger partial charge in [0.2, 0.25) is 0 Å². The van der Waals surface area contributed by atoms with E-state index in [1.807, 2.05) is 0 Å². The van der Waals surface area contributed by atoms with E-state index in [0.717, 1.165) is 19.4 Å². The third kappa shape index (κ3) is 7.47. The van der Waals surface area contributed by atoms with E-state index in [1.54, 1.807) is 0 Å². The summed E-state index contributed by atoms with van der Waals surface area (Å²) in [4.78, 5) is 0. The van der Waals surface area contributed by atoms with Crippen molar-refractivity contribution >= 4 is 15.7 Å². The van der Waals surface area contributed by atoms with Crippen molar-refractivity contribution < 1.29 is 0 Å². The van der Waals surface area contributed by atoms with Crippen LogP contribution in [0.1, 0.15) is 12.8 Å². The predicted molar refractivity (Wildman–Crippen MR) is 45.8 cm³/mol. The zero-order valence-corrected chi connectivity index (χ0v) is 6.14. The van der Waals surface area contributed by atoms with E-state index in [-0.39, 0.29) is 5.72 Å². The quantitative estimate of drug-likeness (QED) is 0.405. The first kappa shape index (κ1) is 9.47. The molecule has 0 aliphatic carbocycles. The van der Waals surface area contributed by atoms with Gasteiger partial charge in [0, 0.05) is 6.54 Å². The van der Waals surface area contributed by atoms with Gasteiger partial charge in [0.25, 0.3) is 0 Å². The molecule has 52 valence electrons.